The lowest BCUT2D eigenvalue weighted by molar-refractivity contribution is -0.130. The normalized spacial score (nSPS) is 27.4. The zero-order valence-corrected chi connectivity index (χ0v) is 9.23. The fourth-order valence-corrected chi connectivity index (χ4v) is 1.96. The van der Waals surface area contributed by atoms with Crippen molar-refractivity contribution in [3.63, 3.8) is 0 Å². The highest BCUT2D eigenvalue weighted by Gasteiger charge is 2.49. The Kier molecular flexibility index (Phi) is 1.80. The number of rotatable bonds is 2. The van der Waals surface area contributed by atoms with Crippen LogP contribution in [0.15, 0.2) is 24.3 Å². The zero-order chi connectivity index (χ0) is 15.1. The van der Waals surface area contributed by atoms with E-state index < -0.39 is 24.5 Å². The number of carbonyl (C=O) groups excluding carboxylic acids is 2. The topological polar surface area (TPSA) is 69.6 Å². The molecule has 1 heterocycles. The van der Waals surface area contributed by atoms with Gasteiger partial charge in [0.15, 0.2) is 0 Å². The second kappa shape index (κ2) is 3.76. The maximum atomic E-state index is 12.4. The highest BCUT2D eigenvalue weighted by molar-refractivity contribution is 6.07. The largest absolute Gasteiger partial charge is 0.508 e. The standard InChI is InChI=1S/C12H14N2O3/c1-3-12(8-4-6-9(15)7-5-8)10(16)14(2)11(17)13-12/h4-7,15H,3H2,1-2H3,(H,13,17)/i2+1D3. The number of urea groups is 1. The second-order valence-corrected chi connectivity index (χ2v) is 3.88. The number of nitrogens with one attached hydrogen (secondary N) is 1. The minimum absolute atomic E-state index is 0.0180. The van der Waals surface area contributed by atoms with Gasteiger partial charge in [0.25, 0.3) is 5.91 Å². The smallest absolute Gasteiger partial charge is 0.325 e. The molecule has 5 heteroatoms. The van der Waals surface area contributed by atoms with E-state index in [9.17, 15) is 14.7 Å². The van der Waals surface area contributed by atoms with Gasteiger partial charge in [0.05, 0.1) is 0 Å². The van der Waals surface area contributed by atoms with Gasteiger partial charge in [-0.25, -0.2) is 4.79 Å². The van der Waals surface area contributed by atoms with Crippen molar-refractivity contribution < 1.29 is 18.8 Å². The summed E-state index contributed by atoms with van der Waals surface area (Å²) in [6, 6.07) is 4.79. The Morgan fingerprint density at radius 3 is 2.53 bits per heavy atom. The molecule has 0 bridgehead atoms. The van der Waals surface area contributed by atoms with E-state index in [4.69, 9.17) is 4.11 Å². The third-order valence-electron chi connectivity index (χ3n) is 2.98. The van der Waals surface area contributed by atoms with E-state index in [1.807, 2.05) is 0 Å². The molecular formula is C12H14N2O3. The lowest BCUT2D eigenvalue weighted by Crippen LogP contribution is -2.43. The van der Waals surface area contributed by atoms with Gasteiger partial charge in [-0.1, -0.05) is 19.1 Å². The summed E-state index contributed by atoms with van der Waals surface area (Å²) in [4.78, 5) is 24.5. The minimum Gasteiger partial charge on any atom is -0.508 e. The molecule has 1 aromatic rings. The average Bonchev–Trinajstić information content (AvgIpc) is 2.61. The molecule has 2 rings (SSSR count). The first-order valence-corrected chi connectivity index (χ1v) is 5.18. The SMILES string of the molecule is [2H][13C]([2H])([2H])N1C(=O)NC(CC)(c2ccc(O)cc2)C1=O. The zero-order valence-electron chi connectivity index (χ0n) is 12.2. The summed E-state index contributed by atoms with van der Waals surface area (Å²) in [5.41, 5.74) is -0.970. The monoisotopic (exact) mass is 238 g/mol. The molecule has 17 heavy (non-hydrogen) atoms. The van der Waals surface area contributed by atoms with Crippen molar-refractivity contribution in [2.75, 3.05) is 6.98 Å². The second-order valence-electron chi connectivity index (χ2n) is 3.88. The number of carbonyl (C=O) groups is 2. The molecule has 1 aliphatic heterocycles. The fourth-order valence-electron chi connectivity index (χ4n) is 1.96. The first kappa shape index (κ1) is 8.11. The number of phenols is 1. The third kappa shape index (κ3) is 1.54. The predicted molar refractivity (Wildman–Crippen MR) is 61.4 cm³/mol. The van der Waals surface area contributed by atoms with Crippen molar-refractivity contribution >= 4 is 11.9 Å². The van der Waals surface area contributed by atoms with Crippen molar-refractivity contribution in [3.8, 4) is 5.75 Å². The van der Waals surface area contributed by atoms with Crippen molar-refractivity contribution in [2.24, 2.45) is 0 Å². The summed E-state index contributed by atoms with van der Waals surface area (Å²) >= 11 is 0. The van der Waals surface area contributed by atoms with Crippen molar-refractivity contribution in [3.05, 3.63) is 29.8 Å². The third-order valence-corrected chi connectivity index (χ3v) is 2.98. The minimum atomic E-state index is -2.82. The van der Waals surface area contributed by atoms with E-state index >= 15 is 0 Å². The van der Waals surface area contributed by atoms with Crippen LogP contribution in [0.3, 0.4) is 0 Å². The predicted octanol–water partition coefficient (Wildman–Crippen LogP) is 1.18. The van der Waals surface area contributed by atoms with Crippen LogP contribution in [-0.2, 0) is 10.3 Å². The Morgan fingerprint density at radius 1 is 1.41 bits per heavy atom. The first-order chi connectivity index (χ1) is 9.22. The molecule has 0 spiro atoms. The summed E-state index contributed by atoms with van der Waals surface area (Å²) in [7, 11) is 0. The molecular weight excluding hydrogens is 221 g/mol. The van der Waals surface area contributed by atoms with Gasteiger partial charge < -0.3 is 10.4 Å². The van der Waals surface area contributed by atoms with Crippen LogP contribution in [0, 0.1) is 0 Å². The van der Waals surface area contributed by atoms with Gasteiger partial charge in [0.2, 0.25) is 0 Å². The molecule has 1 saturated heterocycles. The van der Waals surface area contributed by atoms with E-state index in [2.05, 4.69) is 5.32 Å². The van der Waals surface area contributed by atoms with E-state index in [0.717, 1.165) is 0 Å². The maximum absolute atomic E-state index is 12.4. The molecule has 3 amide bonds. The summed E-state index contributed by atoms with van der Waals surface area (Å²) < 4.78 is 21.8. The molecule has 1 aromatic carbocycles. The quantitative estimate of drug-likeness (QED) is 0.600. The van der Waals surface area contributed by atoms with E-state index in [0.29, 0.717) is 5.56 Å². The van der Waals surface area contributed by atoms with Crippen LogP contribution in [0.1, 0.15) is 23.0 Å². The van der Waals surface area contributed by atoms with Crippen LogP contribution in [-0.4, -0.2) is 28.9 Å². The van der Waals surface area contributed by atoms with E-state index in [1.54, 1.807) is 6.92 Å². The summed E-state index contributed by atoms with van der Waals surface area (Å²) in [5, 5.41) is 11.7. The molecule has 1 atom stereocenters. The van der Waals surface area contributed by atoms with Crippen LogP contribution in [0.25, 0.3) is 0 Å². The maximum Gasteiger partial charge on any atom is 0.325 e. The lowest BCUT2D eigenvalue weighted by Gasteiger charge is -2.25. The van der Waals surface area contributed by atoms with Gasteiger partial charge in [-0.3, -0.25) is 9.69 Å². The Labute approximate surface area is 103 Å². The van der Waals surface area contributed by atoms with Crippen LogP contribution in [0.4, 0.5) is 4.79 Å². The molecule has 1 aliphatic rings. The van der Waals surface area contributed by atoms with Crippen molar-refractivity contribution in [1.29, 1.82) is 0 Å². The number of aromatic hydroxyl groups is 1. The van der Waals surface area contributed by atoms with Gasteiger partial charge in [0, 0.05) is 11.1 Å². The number of nitrogens with zero attached hydrogens (tertiary/aromatic N) is 1. The van der Waals surface area contributed by atoms with Gasteiger partial charge in [-0.2, -0.15) is 0 Å². The van der Waals surface area contributed by atoms with Crippen molar-refractivity contribution in [2.45, 2.75) is 18.9 Å². The number of hydrogen-bond acceptors (Lipinski definition) is 3. The fraction of sp³-hybridized carbons (Fsp3) is 0.333. The van der Waals surface area contributed by atoms with E-state index in [1.165, 1.54) is 24.3 Å². The number of benzene rings is 1. The number of imide groups is 1. The molecule has 1 fully saturated rings. The summed E-state index contributed by atoms with van der Waals surface area (Å²) in [6.07, 6.45) is 0.203. The Bertz CT molecular complexity index is 556. The number of amides is 3. The number of hydrogen-bond donors (Lipinski definition) is 2. The first-order valence-electron chi connectivity index (χ1n) is 6.68. The molecule has 1 unspecified atom stereocenters. The summed E-state index contributed by atoms with van der Waals surface area (Å²) in [6.45, 7) is -1.15. The highest BCUT2D eigenvalue weighted by atomic mass is 16.3. The molecule has 0 radical (unpaired) electrons. The Morgan fingerprint density at radius 2 is 2.06 bits per heavy atom. The van der Waals surface area contributed by atoms with Crippen LogP contribution < -0.4 is 5.32 Å². The van der Waals surface area contributed by atoms with Crippen molar-refractivity contribution in [1.82, 2.24) is 10.2 Å². The molecule has 90 valence electrons. The lowest BCUT2D eigenvalue weighted by atomic mass is 9.87. The number of phenolic OH excluding ortho intramolecular Hbond substituents is 1. The van der Waals surface area contributed by atoms with Crippen LogP contribution >= 0.6 is 0 Å². The van der Waals surface area contributed by atoms with Gasteiger partial charge >= 0.3 is 6.03 Å². The highest BCUT2D eigenvalue weighted by Crippen LogP contribution is 2.32. The summed E-state index contributed by atoms with van der Waals surface area (Å²) in [5.74, 6) is -0.792. The molecule has 0 aliphatic carbocycles. The molecule has 0 aromatic heterocycles. The number of likely N-dealkylation sites (N-methyl/N-ethyl adjacent to an activating group) is 1. The van der Waals surface area contributed by atoms with Gasteiger partial charge in [0.1, 0.15) is 11.3 Å². The van der Waals surface area contributed by atoms with E-state index in [-0.39, 0.29) is 17.1 Å². The average molecular weight is 238 g/mol. The molecule has 0 saturated carbocycles. The Hall–Kier alpha value is -2.04. The molecule has 5 nitrogen and oxygen atoms in total. The van der Waals surface area contributed by atoms with Crippen LogP contribution in [0.2, 0.25) is 0 Å². The Balaban J connectivity index is 2.50. The van der Waals surface area contributed by atoms with Gasteiger partial charge in [-0.15, -0.1) is 0 Å². The van der Waals surface area contributed by atoms with Gasteiger partial charge in [-0.05, 0) is 24.1 Å². The molecule has 2 N–H and O–H groups in total. The van der Waals surface area contributed by atoms with Crippen LogP contribution in [0.5, 0.6) is 5.75 Å².